The number of esters is 1. The van der Waals surface area contributed by atoms with Gasteiger partial charge in [0.1, 0.15) is 16.9 Å². The second-order valence-corrected chi connectivity index (χ2v) is 16.4. The normalized spacial score (nSPS) is 33.4. The van der Waals surface area contributed by atoms with E-state index in [-0.39, 0.29) is 42.6 Å². The van der Waals surface area contributed by atoms with Crippen LogP contribution < -0.4 is 4.74 Å². The molecule has 6 atom stereocenters. The Bertz CT molecular complexity index is 1590. The van der Waals surface area contributed by atoms with Crippen molar-refractivity contribution in [2.24, 2.45) is 17.3 Å². The van der Waals surface area contributed by atoms with Crippen LogP contribution in [0, 0.1) is 17.3 Å². The third kappa shape index (κ3) is 4.62. The van der Waals surface area contributed by atoms with E-state index in [2.05, 4.69) is 26.8 Å². The van der Waals surface area contributed by atoms with Gasteiger partial charge in [-0.1, -0.05) is 26.0 Å². The molecular formula is C34H44BN3O7. The maximum atomic E-state index is 13.5. The smallest absolute Gasteiger partial charge is 0.452 e. The summed E-state index contributed by atoms with van der Waals surface area (Å²) in [5, 5.41) is 4.75. The molecule has 0 spiro atoms. The molecule has 9 rings (SSSR count). The number of fused-ring (bicyclic) bond motifs is 2. The Kier molecular flexibility index (Phi) is 6.05. The number of hydrogen-bond acceptors (Lipinski definition) is 8. The molecule has 4 aliphatic carbocycles. The first kappa shape index (κ1) is 29.4. The summed E-state index contributed by atoms with van der Waals surface area (Å²) < 4.78 is 32.9. The minimum atomic E-state index is -1.07. The van der Waals surface area contributed by atoms with Crippen LogP contribution in [0.25, 0.3) is 0 Å². The average molecular weight is 618 g/mol. The fourth-order valence-electron chi connectivity index (χ4n) is 8.81. The lowest BCUT2D eigenvalue weighted by Crippen LogP contribution is -2.65. The fraction of sp³-hybridized carbons (Fsp3) is 0.676. The highest BCUT2D eigenvalue weighted by molar-refractivity contribution is 6.49. The first-order valence-corrected chi connectivity index (χ1v) is 16.5. The van der Waals surface area contributed by atoms with Crippen molar-refractivity contribution in [1.82, 2.24) is 14.7 Å². The predicted molar refractivity (Wildman–Crippen MR) is 165 cm³/mol. The summed E-state index contributed by atoms with van der Waals surface area (Å²) in [6.07, 6.45) is 4.96. The van der Waals surface area contributed by atoms with Crippen LogP contribution in [0.15, 0.2) is 18.3 Å². The second-order valence-electron chi connectivity index (χ2n) is 16.4. The number of cyclic esters (lactones) is 1. The molecule has 2 bridgehead atoms. The molecule has 240 valence electrons. The largest absolute Gasteiger partial charge is 0.461 e. The Morgan fingerprint density at radius 1 is 1.09 bits per heavy atom. The van der Waals surface area contributed by atoms with Crippen LogP contribution in [0.1, 0.15) is 113 Å². The van der Waals surface area contributed by atoms with Gasteiger partial charge < -0.3 is 23.5 Å². The molecule has 3 aliphatic heterocycles. The molecule has 5 fully saturated rings. The molecule has 1 saturated heterocycles. The first-order chi connectivity index (χ1) is 21.0. The van der Waals surface area contributed by atoms with Crippen LogP contribution in [0.4, 0.5) is 4.79 Å². The molecule has 1 unspecified atom stereocenters. The molecule has 1 aromatic heterocycles. The van der Waals surface area contributed by atoms with E-state index in [0.717, 1.165) is 35.2 Å². The monoisotopic (exact) mass is 617 g/mol. The molecule has 45 heavy (non-hydrogen) atoms. The van der Waals surface area contributed by atoms with Gasteiger partial charge in [0.05, 0.1) is 37.0 Å². The first-order valence-electron chi connectivity index (χ1n) is 16.5. The van der Waals surface area contributed by atoms with Gasteiger partial charge in [0.15, 0.2) is 0 Å². The quantitative estimate of drug-likeness (QED) is 0.302. The van der Waals surface area contributed by atoms with Crippen LogP contribution in [-0.2, 0) is 38.4 Å². The van der Waals surface area contributed by atoms with Gasteiger partial charge in [-0.05, 0) is 81.3 Å². The average Bonchev–Trinajstić information content (AvgIpc) is 3.25. The van der Waals surface area contributed by atoms with Gasteiger partial charge in [-0.2, -0.15) is 5.10 Å². The SMILES string of the molecule is CC(C)(C)OC(=O)N1Cc2cn(Cc3ccc([C@@H]4C[C@@H]4B4OC5C[C@@H]6C[C@@H](C6(C)C)[C@]5(C)O4)c4c3C(=O)OC(C)(C)O4)nc2C1. The van der Waals surface area contributed by atoms with Crippen molar-refractivity contribution in [1.29, 1.82) is 0 Å². The van der Waals surface area contributed by atoms with Crippen LogP contribution in [-0.4, -0.2) is 57.0 Å². The number of benzene rings is 1. The number of hydrogen-bond donors (Lipinski definition) is 0. The molecule has 2 aromatic rings. The highest BCUT2D eigenvalue weighted by atomic mass is 16.7. The van der Waals surface area contributed by atoms with Crippen molar-refractivity contribution in [3.8, 4) is 5.75 Å². The molecule has 0 radical (unpaired) electrons. The molecule has 7 aliphatic rings. The van der Waals surface area contributed by atoms with Crippen LogP contribution in [0.5, 0.6) is 5.75 Å². The number of carbonyl (C=O) groups excluding carboxylic acids is 2. The van der Waals surface area contributed by atoms with Crippen molar-refractivity contribution in [2.75, 3.05) is 0 Å². The zero-order valence-corrected chi connectivity index (χ0v) is 27.6. The van der Waals surface area contributed by atoms with E-state index in [1.165, 1.54) is 6.42 Å². The maximum Gasteiger partial charge on any atom is 0.461 e. The molecule has 4 saturated carbocycles. The van der Waals surface area contributed by atoms with E-state index in [4.69, 9.17) is 28.6 Å². The van der Waals surface area contributed by atoms with Crippen molar-refractivity contribution < 1.29 is 33.1 Å². The number of ether oxygens (including phenoxy) is 3. The van der Waals surface area contributed by atoms with Gasteiger partial charge in [0.2, 0.25) is 5.79 Å². The summed E-state index contributed by atoms with van der Waals surface area (Å²) in [4.78, 5) is 27.7. The van der Waals surface area contributed by atoms with Crippen molar-refractivity contribution in [3.63, 3.8) is 0 Å². The lowest BCUT2D eigenvalue weighted by atomic mass is 9.43. The standard InChI is InChI=1S/C34H44BN3O7/c1-31(2,3)43-30(40)37-14-19-16-38(36-24(19)17-37)15-18-9-10-21(28-27(18)29(39)42-33(6,7)41-28)22-13-23(22)35-44-26-12-20-11-25(32(20,4)5)34(26,8)45-35/h9-10,16,20,22-23,25-26H,11-15,17H2,1-8H3/t20-,22-,23-,25-,26?,34-/m0/s1. The molecule has 1 aromatic carbocycles. The Morgan fingerprint density at radius 3 is 2.58 bits per heavy atom. The van der Waals surface area contributed by atoms with Gasteiger partial charge in [0.25, 0.3) is 0 Å². The third-order valence-corrected chi connectivity index (χ3v) is 11.3. The van der Waals surface area contributed by atoms with Crippen molar-refractivity contribution >= 4 is 19.2 Å². The van der Waals surface area contributed by atoms with Gasteiger partial charge in [-0.3, -0.25) is 9.58 Å². The van der Waals surface area contributed by atoms with E-state index in [1.807, 2.05) is 37.7 Å². The number of carbonyl (C=O) groups is 2. The number of amides is 1. The lowest BCUT2D eigenvalue weighted by Gasteiger charge is -2.64. The number of aromatic nitrogens is 2. The molecule has 0 N–H and O–H groups in total. The highest BCUT2D eigenvalue weighted by Crippen LogP contribution is 2.68. The van der Waals surface area contributed by atoms with Crippen molar-refractivity contribution in [2.45, 2.75) is 129 Å². The van der Waals surface area contributed by atoms with E-state index in [9.17, 15) is 9.59 Å². The van der Waals surface area contributed by atoms with Gasteiger partial charge >= 0.3 is 19.2 Å². The molecule has 1 amide bonds. The van der Waals surface area contributed by atoms with Crippen LogP contribution >= 0.6 is 0 Å². The Balaban J connectivity index is 1.02. The van der Waals surface area contributed by atoms with Gasteiger partial charge in [0, 0.05) is 31.4 Å². The third-order valence-electron chi connectivity index (χ3n) is 11.3. The maximum absolute atomic E-state index is 13.5. The lowest BCUT2D eigenvalue weighted by molar-refractivity contribution is -0.199. The number of nitrogens with zero attached hydrogens (tertiary/aromatic N) is 3. The summed E-state index contributed by atoms with van der Waals surface area (Å²) in [5.74, 6) is 0.759. The van der Waals surface area contributed by atoms with Gasteiger partial charge in [-0.15, -0.1) is 0 Å². The molecule has 10 nitrogen and oxygen atoms in total. The summed E-state index contributed by atoms with van der Waals surface area (Å²) in [6, 6.07) is 4.10. The van der Waals surface area contributed by atoms with E-state index >= 15 is 0 Å². The van der Waals surface area contributed by atoms with Crippen LogP contribution in [0.3, 0.4) is 0 Å². The summed E-state index contributed by atoms with van der Waals surface area (Å²) in [7, 11) is -0.245. The zero-order valence-electron chi connectivity index (χ0n) is 27.6. The minimum absolute atomic E-state index is 0.147. The summed E-state index contributed by atoms with van der Waals surface area (Å²) >= 11 is 0. The predicted octanol–water partition coefficient (Wildman–Crippen LogP) is 6.05. The summed E-state index contributed by atoms with van der Waals surface area (Å²) in [6.45, 7) is 17.3. The zero-order chi connectivity index (χ0) is 31.8. The summed E-state index contributed by atoms with van der Waals surface area (Å²) in [5.41, 5.74) is 3.56. The second kappa shape index (κ2) is 9.28. The molecular weight excluding hydrogens is 573 g/mol. The molecule has 11 heteroatoms. The van der Waals surface area contributed by atoms with Crippen molar-refractivity contribution in [3.05, 3.63) is 46.3 Å². The van der Waals surface area contributed by atoms with Crippen LogP contribution in [0.2, 0.25) is 5.82 Å². The highest BCUT2D eigenvalue weighted by Gasteiger charge is 2.70. The fourth-order valence-corrected chi connectivity index (χ4v) is 8.81. The topological polar surface area (TPSA) is 101 Å². The van der Waals surface area contributed by atoms with Gasteiger partial charge in [-0.25, -0.2) is 9.59 Å². The Hall–Kier alpha value is -3.05. The van der Waals surface area contributed by atoms with E-state index in [0.29, 0.717) is 48.2 Å². The number of rotatable bonds is 4. The van der Waals surface area contributed by atoms with E-state index in [1.54, 1.807) is 18.7 Å². The minimum Gasteiger partial charge on any atom is -0.452 e. The van der Waals surface area contributed by atoms with E-state index < -0.39 is 11.4 Å². The Labute approximate surface area is 265 Å². The molecule has 4 heterocycles. The Morgan fingerprint density at radius 2 is 1.87 bits per heavy atom.